The van der Waals surface area contributed by atoms with Crippen molar-refractivity contribution in [3.63, 3.8) is 0 Å². The molecule has 2 aromatic carbocycles. The van der Waals surface area contributed by atoms with Crippen LogP contribution in [-0.2, 0) is 10.1 Å². The standard InChI is InChI=1S/C12H12O3S.Na/c1-8-4-3-5-10-7-12(16(13,14)15)9(2)6-11(8)10;/h3-7H,1-2H3,(H,13,14,15);/q;+1/p-1. The van der Waals surface area contributed by atoms with Gasteiger partial charge in [-0.25, -0.2) is 8.42 Å². The molecule has 0 radical (unpaired) electrons. The van der Waals surface area contributed by atoms with Gasteiger partial charge in [0.2, 0.25) is 0 Å². The first-order valence-corrected chi connectivity index (χ1v) is 6.26. The Bertz CT molecular complexity index is 663. The molecule has 3 nitrogen and oxygen atoms in total. The summed E-state index contributed by atoms with van der Waals surface area (Å²) in [7, 11) is -4.39. The zero-order chi connectivity index (χ0) is 11.9. The number of aryl methyl sites for hydroxylation is 2. The summed E-state index contributed by atoms with van der Waals surface area (Å²) in [6.45, 7) is 3.59. The summed E-state index contributed by atoms with van der Waals surface area (Å²) < 4.78 is 33.1. The van der Waals surface area contributed by atoms with Crippen LogP contribution in [0.3, 0.4) is 0 Å². The summed E-state index contributed by atoms with van der Waals surface area (Å²) in [5.74, 6) is 0. The molecule has 0 heterocycles. The molecule has 0 saturated carbocycles. The average Bonchev–Trinajstić information content (AvgIpc) is 2.17. The summed E-state index contributed by atoms with van der Waals surface area (Å²) in [5, 5.41) is 1.76. The molecule has 0 aromatic heterocycles. The number of fused-ring (bicyclic) bond motifs is 1. The topological polar surface area (TPSA) is 57.2 Å². The van der Waals surface area contributed by atoms with E-state index in [0.717, 1.165) is 16.3 Å². The van der Waals surface area contributed by atoms with Crippen molar-refractivity contribution < 1.29 is 42.5 Å². The fourth-order valence-corrected chi connectivity index (χ4v) is 2.56. The zero-order valence-electron chi connectivity index (χ0n) is 10.0. The van der Waals surface area contributed by atoms with E-state index in [1.165, 1.54) is 6.07 Å². The van der Waals surface area contributed by atoms with Gasteiger partial charge in [0.05, 0.1) is 4.90 Å². The first-order chi connectivity index (χ1) is 7.39. The Labute approximate surface area is 123 Å². The van der Waals surface area contributed by atoms with Gasteiger partial charge < -0.3 is 4.55 Å². The van der Waals surface area contributed by atoms with Crippen molar-refractivity contribution in [1.82, 2.24) is 0 Å². The molecule has 0 amide bonds. The minimum atomic E-state index is -4.39. The van der Waals surface area contributed by atoms with E-state index >= 15 is 0 Å². The van der Waals surface area contributed by atoms with Gasteiger partial charge in [-0.2, -0.15) is 0 Å². The van der Waals surface area contributed by atoms with Crippen LogP contribution in [-0.4, -0.2) is 13.0 Å². The monoisotopic (exact) mass is 258 g/mol. The second-order valence-electron chi connectivity index (χ2n) is 3.87. The van der Waals surface area contributed by atoms with E-state index in [-0.39, 0.29) is 34.5 Å². The maximum absolute atomic E-state index is 11.0. The van der Waals surface area contributed by atoms with Crippen LogP contribution in [0.5, 0.6) is 0 Å². The van der Waals surface area contributed by atoms with Gasteiger partial charge in [0.1, 0.15) is 10.1 Å². The summed E-state index contributed by atoms with van der Waals surface area (Å²) >= 11 is 0. The van der Waals surface area contributed by atoms with Gasteiger partial charge in [0.15, 0.2) is 0 Å². The van der Waals surface area contributed by atoms with E-state index in [9.17, 15) is 13.0 Å². The molecule has 0 unspecified atom stereocenters. The Morgan fingerprint density at radius 1 is 1.06 bits per heavy atom. The fraction of sp³-hybridized carbons (Fsp3) is 0.167. The Kier molecular flexibility index (Phi) is 4.38. The normalized spacial score (nSPS) is 11.2. The molecular weight excluding hydrogens is 247 g/mol. The quantitative estimate of drug-likeness (QED) is 0.505. The third-order valence-electron chi connectivity index (χ3n) is 2.66. The first-order valence-electron chi connectivity index (χ1n) is 4.85. The third kappa shape index (κ3) is 2.89. The molecule has 0 atom stereocenters. The molecule has 0 aliphatic rings. The number of rotatable bonds is 1. The molecule has 0 spiro atoms. The van der Waals surface area contributed by atoms with Crippen LogP contribution < -0.4 is 29.6 Å². The van der Waals surface area contributed by atoms with Gasteiger partial charge in [0.25, 0.3) is 0 Å². The second-order valence-corrected chi connectivity index (χ2v) is 5.22. The van der Waals surface area contributed by atoms with Crippen LogP contribution in [0.1, 0.15) is 11.1 Å². The molecule has 2 aromatic rings. The Balaban J connectivity index is 0.00000144. The van der Waals surface area contributed by atoms with Gasteiger partial charge in [-0.15, -0.1) is 0 Å². The Morgan fingerprint density at radius 2 is 1.71 bits per heavy atom. The number of hydrogen-bond acceptors (Lipinski definition) is 3. The predicted molar refractivity (Wildman–Crippen MR) is 61.4 cm³/mol. The maximum atomic E-state index is 11.0. The largest absolute Gasteiger partial charge is 1.00 e. The van der Waals surface area contributed by atoms with Crippen LogP contribution in [0.4, 0.5) is 0 Å². The van der Waals surface area contributed by atoms with Crippen molar-refractivity contribution in [1.29, 1.82) is 0 Å². The molecule has 84 valence electrons. The van der Waals surface area contributed by atoms with Gasteiger partial charge >= 0.3 is 29.6 Å². The summed E-state index contributed by atoms with van der Waals surface area (Å²) in [6, 6.07) is 8.78. The smallest absolute Gasteiger partial charge is 0.744 e. The van der Waals surface area contributed by atoms with Gasteiger partial charge in [-0.05, 0) is 47.9 Å². The second kappa shape index (κ2) is 5.08. The number of hydrogen-bond donors (Lipinski definition) is 0. The molecule has 0 N–H and O–H groups in total. The summed E-state index contributed by atoms with van der Waals surface area (Å²) in [5.41, 5.74) is 1.56. The van der Waals surface area contributed by atoms with Gasteiger partial charge in [-0.3, -0.25) is 0 Å². The van der Waals surface area contributed by atoms with Crippen LogP contribution in [0.2, 0.25) is 0 Å². The molecule has 0 aliphatic heterocycles. The van der Waals surface area contributed by atoms with Crippen molar-refractivity contribution in [2.75, 3.05) is 0 Å². The van der Waals surface area contributed by atoms with Crippen molar-refractivity contribution in [3.8, 4) is 0 Å². The minimum Gasteiger partial charge on any atom is -0.744 e. The average molecular weight is 258 g/mol. The van der Waals surface area contributed by atoms with Crippen LogP contribution in [0, 0.1) is 13.8 Å². The first kappa shape index (κ1) is 14.7. The van der Waals surface area contributed by atoms with Crippen molar-refractivity contribution in [3.05, 3.63) is 41.5 Å². The van der Waals surface area contributed by atoms with Crippen molar-refractivity contribution >= 4 is 20.9 Å². The minimum absolute atomic E-state index is 0. The van der Waals surface area contributed by atoms with E-state index in [0.29, 0.717) is 5.56 Å². The molecule has 0 bridgehead atoms. The fourth-order valence-electron chi connectivity index (χ4n) is 1.84. The molecule has 0 saturated heterocycles. The van der Waals surface area contributed by atoms with Crippen molar-refractivity contribution in [2.45, 2.75) is 18.7 Å². The molecule has 0 aliphatic carbocycles. The molecule has 17 heavy (non-hydrogen) atoms. The van der Waals surface area contributed by atoms with E-state index in [2.05, 4.69) is 0 Å². The van der Waals surface area contributed by atoms with E-state index in [4.69, 9.17) is 0 Å². The Hall–Kier alpha value is -0.390. The number of benzene rings is 2. The molecule has 5 heteroatoms. The predicted octanol–water partition coefficient (Wildman–Crippen LogP) is -0.635. The Morgan fingerprint density at radius 3 is 2.29 bits per heavy atom. The molecule has 0 fully saturated rings. The molecule has 2 rings (SSSR count). The van der Waals surface area contributed by atoms with Gasteiger partial charge in [0, 0.05) is 0 Å². The van der Waals surface area contributed by atoms with Crippen LogP contribution in [0.25, 0.3) is 10.8 Å². The zero-order valence-corrected chi connectivity index (χ0v) is 12.8. The SMILES string of the molecule is Cc1cc2c(C)cccc2cc1S(=O)(=O)[O-].[Na+]. The van der Waals surface area contributed by atoms with Gasteiger partial charge in [-0.1, -0.05) is 18.2 Å². The van der Waals surface area contributed by atoms with E-state index in [1.54, 1.807) is 19.1 Å². The maximum Gasteiger partial charge on any atom is 1.00 e. The van der Waals surface area contributed by atoms with Crippen molar-refractivity contribution in [2.24, 2.45) is 0 Å². The van der Waals surface area contributed by atoms with E-state index in [1.807, 2.05) is 19.1 Å². The summed E-state index contributed by atoms with van der Waals surface area (Å²) in [4.78, 5) is -0.134. The van der Waals surface area contributed by atoms with E-state index < -0.39 is 10.1 Å². The third-order valence-corrected chi connectivity index (χ3v) is 3.64. The summed E-state index contributed by atoms with van der Waals surface area (Å²) in [6.07, 6.45) is 0. The molecular formula is C12H11NaO3S. The van der Waals surface area contributed by atoms with Crippen LogP contribution >= 0.6 is 0 Å². The van der Waals surface area contributed by atoms with Crippen LogP contribution in [0.15, 0.2) is 35.2 Å².